The number of carbonyl (C=O) groups is 6. The first-order valence-corrected chi connectivity index (χ1v) is 15.3. The van der Waals surface area contributed by atoms with Crippen molar-refractivity contribution in [1.82, 2.24) is 26.6 Å². The van der Waals surface area contributed by atoms with Crippen molar-refractivity contribution >= 4 is 47.2 Å². The number of hydrogen-bond acceptors (Lipinski definition) is 9. The minimum absolute atomic E-state index is 0.0313. The van der Waals surface area contributed by atoms with Crippen molar-refractivity contribution in [3.05, 3.63) is 13.1 Å². The largest absolute Gasteiger partial charge is 0.480 e. The maximum atomic E-state index is 13.3. The van der Waals surface area contributed by atoms with Crippen molar-refractivity contribution < 1.29 is 33.9 Å². The molecule has 260 valence electrons. The molecule has 0 spiro atoms. The lowest BCUT2D eigenvalue weighted by Crippen LogP contribution is -2.57. The number of carboxylic acids is 1. The van der Waals surface area contributed by atoms with E-state index in [-0.39, 0.29) is 49.2 Å². The van der Waals surface area contributed by atoms with Crippen LogP contribution < -0.4 is 43.8 Å². The normalized spacial score (nSPS) is 13.5. The van der Waals surface area contributed by atoms with Gasteiger partial charge in [-0.15, -0.1) is 0 Å². The van der Waals surface area contributed by atoms with Crippen LogP contribution in [0, 0.1) is 35.7 Å². The number of nitrogens with one attached hydrogen (secondary N) is 7. The Labute approximate surface area is 270 Å². The number of amides is 5. The Morgan fingerprint density at radius 3 is 1.61 bits per heavy atom. The van der Waals surface area contributed by atoms with E-state index in [1.165, 1.54) is 0 Å². The second-order valence-corrected chi connectivity index (χ2v) is 11.8. The number of nitrogens with two attached hydrogens (primary N) is 3. The van der Waals surface area contributed by atoms with Gasteiger partial charge in [0, 0.05) is 12.8 Å². The third-order valence-corrected chi connectivity index (χ3v) is 6.64. The van der Waals surface area contributed by atoms with Crippen LogP contribution in [0.25, 0.3) is 0 Å². The van der Waals surface area contributed by atoms with Crippen LogP contribution in [0.2, 0.25) is 0 Å². The Kier molecular flexibility index (Phi) is 20.2. The minimum atomic E-state index is -1.40. The fourth-order valence-corrected chi connectivity index (χ4v) is 4.22. The van der Waals surface area contributed by atoms with Gasteiger partial charge in [-0.25, -0.2) is 4.79 Å². The van der Waals surface area contributed by atoms with Gasteiger partial charge in [-0.2, -0.15) is 0 Å². The zero-order chi connectivity index (χ0) is 35.4. The van der Waals surface area contributed by atoms with Crippen molar-refractivity contribution in [3.8, 4) is 0 Å². The van der Waals surface area contributed by atoms with Gasteiger partial charge in [0.15, 0.2) is 6.54 Å². The van der Waals surface area contributed by atoms with E-state index in [1.54, 1.807) is 13.8 Å². The molecule has 17 nitrogen and oxygen atoms in total. The molecular weight excluding hydrogens is 600 g/mol. The monoisotopic (exact) mass is 652 g/mol. The molecule has 0 aromatic heterocycles. The number of carbonyl (C=O) groups excluding carboxylic acids is 5. The van der Waals surface area contributed by atoms with Crippen LogP contribution in [0.3, 0.4) is 0 Å². The summed E-state index contributed by atoms with van der Waals surface area (Å²) in [4.78, 5) is 75.0. The number of unbranched alkanes of at least 4 members (excludes halogenated alkanes) is 2. The number of rotatable bonds is 24. The second kappa shape index (κ2) is 22.3. The lowest BCUT2D eigenvalue weighted by atomic mass is 9.99. The Hall–Kier alpha value is -4.28. The summed E-state index contributed by atoms with van der Waals surface area (Å²) in [5.74, 6) is -5.23. The van der Waals surface area contributed by atoms with Gasteiger partial charge in [-0.1, -0.05) is 40.5 Å². The molecular formula is C29H52N10O7. The summed E-state index contributed by atoms with van der Waals surface area (Å²) in [5, 5.41) is 35.6. The first kappa shape index (κ1) is 41.7. The van der Waals surface area contributed by atoms with Crippen molar-refractivity contribution in [2.24, 2.45) is 29.0 Å². The molecule has 4 atom stereocenters. The predicted molar refractivity (Wildman–Crippen MR) is 171 cm³/mol. The SMILES string of the molecule is CC(C)CC(N)C(=O)NC(C(=O)NC(CCCCC(=N)N)C(=O)N[CH]C(=O)NC(CCCCC(=N)N)C(=O)N[CH]C(=O)O)C(C)C. The molecule has 14 N–H and O–H groups in total. The fraction of sp³-hybridized carbons (Fsp3) is 0.655. The predicted octanol–water partition coefficient (Wildman–Crippen LogP) is -0.896. The van der Waals surface area contributed by atoms with Crippen molar-refractivity contribution in [2.45, 2.75) is 110 Å². The molecule has 0 aromatic rings. The standard InChI is InChI=1S/C29H52N10O7/c1-16(2)13-18(30)26(43)39-25(17(3)4)29(46)38-20(10-6-8-12-22(33)34)28(45)35-14-23(40)37-19(9-5-7-11-21(31)32)27(44)36-15-24(41)42/h14-20,25H,5-13,30H2,1-4H3,(H3,31,32)(H3,33,34)(H,35,45)(H,36,44)(H,37,40)(H,38,46)(H,39,43)(H,41,42). The van der Waals surface area contributed by atoms with Gasteiger partial charge in [0.05, 0.1) is 17.7 Å². The number of aliphatic carboxylic acids is 1. The maximum Gasteiger partial charge on any atom is 0.329 e. The van der Waals surface area contributed by atoms with Gasteiger partial charge in [-0.05, 0) is 43.9 Å². The lowest BCUT2D eigenvalue weighted by Gasteiger charge is -2.26. The Balaban J connectivity index is 5.55. The van der Waals surface area contributed by atoms with E-state index >= 15 is 0 Å². The molecule has 0 rings (SSSR count). The number of amidine groups is 2. The van der Waals surface area contributed by atoms with Crippen LogP contribution >= 0.6 is 0 Å². The molecule has 46 heavy (non-hydrogen) atoms. The molecule has 4 unspecified atom stereocenters. The number of carboxylic acid groups (broad SMARTS) is 1. The molecule has 0 aliphatic carbocycles. The summed E-state index contributed by atoms with van der Waals surface area (Å²) in [6.07, 6.45) is 2.87. The molecule has 0 aromatic carbocycles. The van der Waals surface area contributed by atoms with Gasteiger partial charge in [0.2, 0.25) is 29.5 Å². The molecule has 0 aliphatic rings. The van der Waals surface area contributed by atoms with Gasteiger partial charge in [0.1, 0.15) is 24.7 Å². The summed E-state index contributed by atoms with van der Waals surface area (Å²) >= 11 is 0. The summed E-state index contributed by atoms with van der Waals surface area (Å²) < 4.78 is 0. The van der Waals surface area contributed by atoms with Crippen LogP contribution in [0.15, 0.2) is 0 Å². The minimum Gasteiger partial charge on any atom is -0.480 e. The van der Waals surface area contributed by atoms with Gasteiger partial charge in [0.25, 0.3) is 0 Å². The topological polar surface area (TPSA) is 309 Å². The van der Waals surface area contributed by atoms with Gasteiger partial charge >= 0.3 is 5.97 Å². The number of hydrogen-bond donors (Lipinski definition) is 11. The molecule has 5 amide bonds. The molecule has 0 aliphatic heterocycles. The van der Waals surface area contributed by atoms with Crippen LogP contribution in [0.5, 0.6) is 0 Å². The zero-order valence-electron chi connectivity index (χ0n) is 27.1. The average Bonchev–Trinajstić information content (AvgIpc) is 2.95. The third kappa shape index (κ3) is 19.2. The Bertz CT molecular complexity index is 1070. The van der Waals surface area contributed by atoms with E-state index in [2.05, 4.69) is 26.6 Å². The van der Waals surface area contributed by atoms with Crippen molar-refractivity contribution in [2.75, 3.05) is 0 Å². The summed E-state index contributed by atoms with van der Waals surface area (Å²) in [5.41, 5.74) is 16.7. The van der Waals surface area contributed by atoms with Crippen LogP contribution in [-0.2, 0) is 28.8 Å². The highest BCUT2D eigenvalue weighted by atomic mass is 16.4. The quantitative estimate of drug-likeness (QED) is 0.0347. The fourth-order valence-electron chi connectivity index (χ4n) is 4.22. The summed E-state index contributed by atoms with van der Waals surface area (Å²) in [7, 11) is 0. The molecule has 2 radical (unpaired) electrons. The van der Waals surface area contributed by atoms with E-state index in [4.69, 9.17) is 33.1 Å². The van der Waals surface area contributed by atoms with Crippen molar-refractivity contribution in [3.63, 3.8) is 0 Å². The van der Waals surface area contributed by atoms with Gasteiger partial charge in [-0.3, -0.25) is 34.8 Å². The van der Waals surface area contributed by atoms with Crippen LogP contribution in [0.1, 0.15) is 85.5 Å². The van der Waals surface area contributed by atoms with E-state index in [0.717, 1.165) is 6.54 Å². The van der Waals surface area contributed by atoms with E-state index in [0.29, 0.717) is 38.6 Å². The molecule has 0 heterocycles. The molecule has 0 fully saturated rings. The molecule has 0 bridgehead atoms. The first-order chi connectivity index (χ1) is 21.4. The smallest absolute Gasteiger partial charge is 0.329 e. The van der Waals surface area contributed by atoms with Crippen LogP contribution in [0.4, 0.5) is 0 Å². The molecule has 0 saturated carbocycles. The zero-order valence-corrected chi connectivity index (χ0v) is 27.1. The molecule has 0 saturated heterocycles. The van der Waals surface area contributed by atoms with E-state index < -0.39 is 59.7 Å². The Morgan fingerprint density at radius 2 is 1.17 bits per heavy atom. The van der Waals surface area contributed by atoms with Gasteiger partial charge < -0.3 is 48.9 Å². The van der Waals surface area contributed by atoms with E-state index in [9.17, 15) is 28.8 Å². The maximum absolute atomic E-state index is 13.3. The average molecular weight is 653 g/mol. The highest BCUT2D eigenvalue weighted by Gasteiger charge is 2.30. The molecule has 17 heteroatoms. The van der Waals surface area contributed by atoms with Crippen LogP contribution in [-0.4, -0.2) is 76.5 Å². The highest BCUT2D eigenvalue weighted by molar-refractivity contribution is 5.97. The first-order valence-electron chi connectivity index (χ1n) is 15.3. The highest BCUT2D eigenvalue weighted by Crippen LogP contribution is 2.10. The lowest BCUT2D eigenvalue weighted by molar-refractivity contribution is -0.135. The Morgan fingerprint density at radius 1 is 0.696 bits per heavy atom. The third-order valence-electron chi connectivity index (χ3n) is 6.64. The summed E-state index contributed by atoms with van der Waals surface area (Å²) in [6.45, 7) is 8.57. The second-order valence-electron chi connectivity index (χ2n) is 11.8. The summed E-state index contributed by atoms with van der Waals surface area (Å²) in [6, 6.07) is -4.13. The van der Waals surface area contributed by atoms with E-state index in [1.807, 2.05) is 13.8 Å². The van der Waals surface area contributed by atoms with Crippen molar-refractivity contribution in [1.29, 1.82) is 10.8 Å².